The lowest BCUT2D eigenvalue weighted by atomic mass is 10.2. The molecule has 5 heteroatoms. The van der Waals surface area contributed by atoms with Crippen LogP contribution in [0.2, 0.25) is 0 Å². The van der Waals surface area contributed by atoms with Crippen LogP contribution in [0.1, 0.15) is 46.0 Å². The monoisotopic (exact) mass is 315 g/mol. The molecule has 0 aliphatic carbocycles. The largest absolute Gasteiger partial charge is 0.477 e. The minimum Gasteiger partial charge on any atom is -0.477 e. The van der Waals surface area contributed by atoms with Crippen LogP contribution in [0.5, 0.6) is 5.88 Å². The molecule has 0 radical (unpaired) electrons. The fourth-order valence-corrected chi connectivity index (χ4v) is 1.78. The van der Waals surface area contributed by atoms with Crippen LogP contribution >= 0.6 is 15.9 Å². The van der Waals surface area contributed by atoms with Gasteiger partial charge in [-0.2, -0.15) is 4.98 Å². The van der Waals surface area contributed by atoms with E-state index in [1.54, 1.807) is 6.20 Å². The molecule has 0 aliphatic rings. The Morgan fingerprint density at radius 1 is 1.22 bits per heavy atom. The lowest BCUT2D eigenvalue weighted by Gasteiger charge is -2.09. The number of nitrogens with zero attached hydrogens (tertiary/aromatic N) is 2. The van der Waals surface area contributed by atoms with Crippen molar-refractivity contribution in [2.75, 3.05) is 18.5 Å². The molecule has 0 saturated carbocycles. The second kappa shape index (κ2) is 9.14. The zero-order valence-corrected chi connectivity index (χ0v) is 12.8. The van der Waals surface area contributed by atoms with Gasteiger partial charge in [-0.25, -0.2) is 4.98 Å². The van der Waals surface area contributed by atoms with Gasteiger partial charge in [-0.1, -0.05) is 33.1 Å². The molecule has 0 saturated heterocycles. The lowest BCUT2D eigenvalue weighted by molar-refractivity contribution is 0.291. The number of unbranched alkanes of at least 4 members (excludes halogenated alkanes) is 3. The number of halogens is 1. The first-order chi connectivity index (χ1) is 8.77. The smallest absolute Gasteiger partial charge is 0.232 e. The SMILES string of the molecule is CCCCCCOc1nc(NCCC)ncc1Br. The van der Waals surface area contributed by atoms with E-state index in [-0.39, 0.29) is 0 Å². The quantitative estimate of drug-likeness (QED) is 0.699. The lowest BCUT2D eigenvalue weighted by Crippen LogP contribution is -2.06. The summed E-state index contributed by atoms with van der Waals surface area (Å²) in [5, 5.41) is 3.15. The van der Waals surface area contributed by atoms with E-state index in [0.717, 1.165) is 23.9 Å². The van der Waals surface area contributed by atoms with E-state index in [1.807, 2.05) is 0 Å². The van der Waals surface area contributed by atoms with E-state index >= 15 is 0 Å². The van der Waals surface area contributed by atoms with Crippen molar-refractivity contribution < 1.29 is 4.74 Å². The third-order valence-corrected chi connectivity index (χ3v) is 3.03. The summed E-state index contributed by atoms with van der Waals surface area (Å²) in [7, 11) is 0. The Bertz CT molecular complexity index is 347. The Morgan fingerprint density at radius 3 is 2.78 bits per heavy atom. The van der Waals surface area contributed by atoms with Crippen LogP contribution in [-0.4, -0.2) is 23.1 Å². The van der Waals surface area contributed by atoms with Crippen molar-refractivity contribution in [3.8, 4) is 5.88 Å². The van der Waals surface area contributed by atoms with Gasteiger partial charge >= 0.3 is 0 Å². The molecule has 0 spiro atoms. The molecule has 4 nitrogen and oxygen atoms in total. The molecule has 18 heavy (non-hydrogen) atoms. The van der Waals surface area contributed by atoms with Crippen LogP contribution in [0.4, 0.5) is 5.95 Å². The summed E-state index contributed by atoms with van der Waals surface area (Å²) in [6, 6.07) is 0. The zero-order valence-electron chi connectivity index (χ0n) is 11.2. The van der Waals surface area contributed by atoms with Crippen molar-refractivity contribution >= 4 is 21.9 Å². The van der Waals surface area contributed by atoms with Gasteiger partial charge in [0, 0.05) is 6.54 Å². The van der Waals surface area contributed by atoms with E-state index in [1.165, 1.54) is 19.3 Å². The van der Waals surface area contributed by atoms with Crippen molar-refractivity contribution in [1.29, 1.82) is 0 Å². The molecule has 0 fully saturated rings. The summed E-state index contributed by atoms with van der Waals surface area (Å²) in [5.41, 5.74) is 0. The summed E-state index contributed by atoms with van der Waals surface area (Å²) >= 11 is 3.40. The summed E-state index contributed by atoms with van der Waals surface area (Å²) in [6.07, 6.45) is 7.56. The predicted molar refractivity (Wildman–Crippen MR) is 78.1 cm³/mol. The molecule has 1 N–H and O–H groups in total. The first-order valence-electron chi connectivity index (χ1n) is 6.67. The number of hydrogen-bond acceptors (Lipinski definition) is 4. The molecule has 0 aliphatic heterocycles. The number of anilines is 1. The molecular weight excluding hydrogens is 294 g/mol. The maximum absolute atomic E-state index is 5.67. The van der Waals surface area contributed by atoms with Gasteiger partial charge in [0.15, 0.2) is 0 Å². The standard InChI is InChI=1S/C13H22BrN3O/c1-3-5-6-7-9-18-12-11(14)10-16-13(17-12)15-8-4-2/h10H,3-9H2,1-2H3,(H,15,16,17). The van der Waals surface area contributed by atoms with Crippen LogP contribution in [0.15, 0.2) is 10.7 Å². The Hall–Kier alpha value is -0.840. The van der Waals surface area contributed by atoms with Gasteiger partial charge in [0.2, 0.25) is 11.8 Å². The predicted octanol–water partition coefficient (Wildman–Crippen LogP) is 4.02. The molecular formula is C13H22BrN3O. The Labute approximate surface area is 118 Å². The van der Waals surface area contributed by atoms with Gasteiger partial charge in [-0.05, 0) is 28.8 Å². The summed E-state index contributed by atoms with van der Waals surface area (Å²) in [4.78, 5) is 8.52. The molecule has 1 aromatic heterocycles. The van der Waals surface area contributed by atoms with Crippen molar-refractivity contribution in [3.05, 3.63) is 10.7 Å². The maximum atomic E-state index is 5.67. The third-order valence-electron chi connectivity index (χ3n) is 2.48. The number of rotatable bonds is 9. The van der Waals surface area contributed by atoms with Crippen LogP contribution < -0.4 is 10.1 Å². The summed E-state index contributed by atoms with van der Waals surface area (Å²) in [6.45, 7) is 5.89. The molecule has 0 amide bonds. The molecule has 0 aromatic carbocycles. The van der Waals surface area contributed by atoms with Crippen LogP contribution in [-0.2, 0) is 0 Å². The van der Waals surface area contributed by atoms with Crippen LogP contribution in [0.25, 0.3) is 0 Å². The maximum Gasteiger partial charge on any atom is 0.232 e. The van der Waals surface area contributed by atoms with Gasteiger partial charge in [0.05, 0.1) is 17.3 Å². The third kappa shape index (κ3) is 5.67. The second-order valence-electron chi connectivity index (χ2n) is 4.18. The highest BCUT2D eigenvalue weighted by molar-refractivity contribution is 9.10. The molecule has 0 atom stereocenters. The Kier molecular flexibility index (Phi) is 7.73. The minimum atomic E-state index is 0.625. The second-order valence-corrected chi connectivity index (χ2v) is 5.04. The molecule has 0 unspecified atom stereocenters. The fourth-order valence-electron chi connectivity index (χ4n) is 1.47. The van der Waals surface area contributed by atoms with Crippen molar-refractivity contribution in [2.45, 2.75) is 46.0 Å². The van der Waals surface area contributed by atoms with Gasteiger partial charge < -0.3 is 10.1 Å². The Morgan fingerprint density at radius 2 is 2.06 bits per heavy atom. The molecule has 1 heterocycles. The van der Waals surface area contributed by atoms with Gasteiger partial charge in [0.1, 0.15) is 0 Å². The van der Waals surface area contributed by atoms with Crippen molar-refractivity contribution in [1.82, 2.24) is 9.97 Å². The molecule has 0 bridgehead atoms. The summed E-state index contributed by atoms with van der Waals surface area (Å²) < 4.78 is 6.47. The first-order valence-corrected chi connectivity index (χ1v) is 7.46. The van der Waals surface area contributed by atoms with Crippen molar-refractivity contribution in [3.63, 3.8) is 0 Å². The Balaban J connectivity index is 2.42. The number of nitrogens with one attached hydrogen (secondary N) is 1. The van der Waals surface area contributed by atoms with Gasteiger partial charge in [-0.15, -0.1) is 0 Å². The fraction of sp³-hybridized carbons (Fsp3) is 0.692. The molecule has 1 aromatic rings. The van der Waals surface area contributed by atoms with E-state index in [9.17, 15) is 0 Å². The minimum absolute atomic E-state index is 0.625. The summed E-state index contributed by atoms with van der Waals surface area (Å²) in [5.74, 6) is 1.25. The highest BCUT2D eigenvalue weighted by atomic mass is 79.9. The van der Waals surface area contributed by atoms with E-state index in [0.29, 0.717) is 18.4 Å². The average molecular weight is 316 g/mol. The normalized spacial score (nSPS) is 10.4. The van der Waals surface area contributed by atoms with Crippen LogP contribution in [0.3, 0.4) is 0 Å². The van der Waals surface area contributed by atoms with Crippen LogP contribution in [0, 0.1) is 0 Å². The molecule has 102 valence electrons. The highest BCUT2D eigenvalue weighted by Crippen LogP contribution is 2.22. The highest BCUT2D eigenvalue weighted by Gasteiger charge is 2.05. The van der Waals surface area contributed by atoms with E-state index in [4.69, 9.17) is 4.74 Å². The number of ether oxygens (including phenoxy) is 1. The number of aromatic nitrogens is 2. The average Bonchev–Trinajstić information content (AvgIpc) is 2.39. The van der Waals surface area contributed by atoms with E-state index < -0.39 is 0 Å². The van der Waals surface area contributed by atoms with Gasteiger partial charge in [0.25, 0.3) is 0 Å². The number of hydrogen-bond donors (Lipinski definition) is 1. The van der Waals surface area contributed by atoms with E-state index in [2.05, 4.69) is 45.1 Å². The van der Waals surface area contributed by atoms with Crippen molar-refractivity contribution in [2.24, 2.45) is 0 Å². The van der Waals surface area contributed by atoms with Gasteiger partial charge in [-0.3, -0.25) is 0 Å². The zero-order chi connectivity index (χ0) is 13.2. The molecule has 1 rings (SSSR count). The topological polar surface area (TPSA) is 47.0 Å². The first kappa shape index (κ1) is 15.2.